The van der Waals surface area contributed by atoms with E-state index in [4.69, 9.17) is 9.47 Å². The molecule has 0 bridgehead atoms. The first-order valence-corrected chi connectivity index (χ1v) is 10.6. The van der Waals surface area contributed by atoms with Gasteiger partial charge in [0.05, 0.1) is 10.7 Å². The highest BCUT2D eigenvalue weighted by molar-refractivity contribution is 14.1. The molecular formula is C24H24INO3. The van der Waals surface area contributed by atoms with Crippen molar-refractivity contribution in [3.05, 3.63) is 86.5 Å². The summed E-state index contributed by atoms with van der Waals surface area (Å²) in [5.41, 5.74) is 4.63. The van der Waals surface area contributed by atoms with Crippen LogP contribution in [0.5, 0.6) is 11.5 Å². The van der Waals surface area contributed by atoms with E-state index in [-0.39, 0.29) is 5.91 Å². The van der Waals surface area contributed by atoms with Gasteiger partial charge in [0.2, 0.25) is 0 Å². The molecule has 5 heteroatoms. The van der Waals surface area contributed by atoms with E-state index in [1.54, 1.807) is 13.2 Å². The van der Waals surface area contributed by atoms with E-state index in [0.717, 1.165) is 32.4 Å². The van der Waals surface area contributed by atoms with Crippen LogP contribution < -0.4 is 14.8 Å². The first-order valence-electron chi connectivity index (χ1n) is 9.47. The zero-order valence-corrected chi connectivity index (χ0v) is 18.9. The lowest BCUT2D eigenvalue weighted by Gasteiger charge is -2.16. The largest absolute Gasteiger partial charge is 0.493 e. The number of carbonyl (C=O) groups excluding carboxylic acids is 1. The number of halogens is 1. The summed E-state index contributed by atoms with van der Waals surface area (Å²) in [4.78, 5) is 12.9. The quantitative estimate of drug-likeness (QED) is 0.404. The molecule has 29 heavy (non-hydrogen) atoms. The number of hydrogen-bond acceptors (Lipinski definition) is 3. The second-order valence-corrected chi connectivity index (χ2v) is 7.84. The predicted octanol–water partition coefficient (Wildman–Crippen LogP) is 6.00. The lowest BCUT2D eigenvalue weighted by Crippen LogP contribution is -2.15. The van der Waals surface area contributed by atoms with Gasteiger partial charge in [0.15, 0.2) is 11.5 Å². The third-order valence-electron chi connectivity index (χ3n) is 4.70. The lowest BCUT2D eigenvalue weighted by atomic mass is 10.1. The Bertz CT molecular complexity index is 1000. The Balaban J connectivity index is 1.84. The number of ether oxygens (including phenoxy) is 2. The van der Waals surface area contributed by atoms with Crippen molar-refractivity contribution in [2.24, 2.45) is 0 Å². The molecule has 0 atom stereocenters. The molecule has 0 heterocycles. The molecule has 0 aliphatic rings. The molecule has 0 saturated carbocycles. The van der Waals surface area contributed by atoms with Gasteiger partial charge in [-0.15, -0.1) is 0 Å². The Kier molecular flexibility index (Phi) is 7.14. The van der Waals surface area contributed by atoms with Crippen LogP contribution in [-0.4, -0.2) is 13.0 Å². The fourth-order valence-corrected chi connectivity index (χ4v) is 3.87. The summed E-state index contributed by atoms with van der Waals surface area (Å²) in [6.07, 6.45) is 0.852. The standard InChI is InChI=1S/C24H24INO3/c1-4-18-12-8-9-16(2)22(18)26-24(27)19-13-20(25)23(21(14-19)28-3)29-15-17-10-6-5-7-11-17/h5-14H,4,15H2,1-3H3,(H,26,27). The van der Waals surface area contributed by atoms with Gasteiger partial charge in [-0.3, -0.25) is 4.79 Å². The molecule has 0 aliphatic carbocycles. The molecule has 0 aromatic heterocycles. The number of benzene rings is 3. The minimum atomic E-state index is -0.167. The molecule has 0 saturated heterocycles. The van der Waals surface area contributed by atoms with Gasteiger partial charge in [-0.2, -0.15) is 0 Å². The Labute approximate surface area is 185 Å². The number of rotatable bonds is 7. The summed E-state index contributed by atoms with van der Waals surface area (Å²) in [5.74, 6) is 1.01. The minimum absolute atomic E-state index is 0.167. The second kappa shape index (κ2) is 9.78. The molecule has 1 amide bonds. The van der Waals surface area contributed by atoms with Gasteiger partial charge in [-0.1, -0.05) is 55.5 Å². The summed E-state index contributed by atoms with van der Waals surface area (Å²) >= 11 is 2.18. The van der Waals surface area contributed by atoms with E-state index >= 15 is 0 Å². The Morgan fingerprint density at radius 2 is 1.83 bits per heavy atom. The Morgan fingerprint density at radius 3 is 2.52 bits per heavy atom. The van der Waals surface area contributed by atoms with Crippen molar-refractivity contribution in [1.82, 2.24) is 0 Å². The highest BCUT2D eigenvalue weighted by Crippen LogP contribution is 2.35. The van der Waals surface area contributed by atoms with E-state index in [2.05, 4.69) is 34.8 Å². The fraction of sp³-hybridized carbons (Fsp3) is 0.208. The number of hydrogen-bond donors (Lipinski definition) is 1. The molecule has 0 aliphatic heterocycles. The van der Waals surface area contributed by atoms with E-state index in [0.29, 0.717) is 23.7 Å². The third-order valence-corrected chi connectivity index (χ3v) is 5.50. The lowest BCUT2D eigenvalue weighted by molar-refractivity contribution is 0.102. The third kappa shape index (κ3) is 5.09. The van der Waals surface area contributed by atoms with Crippen molar-refractivity contribution in [3.8, 4) is 11.5 Å². The average molecular weight is 501 g/mol. The summed E-state index contributed by atoms with van der Waals surface area (Å²) in [7, 11) is 1.58. The summed E-state index contributed by atoms with van der Waals surface area (Å²) in [6.45, 7) is 4.51. The second-order valence-electron chi connectivity index (χ2n) is 6.68. The molecule has 1 N–H and O–H groups in total. The van der Waals surface area contributed by atoms with Crippen LogP contribution in [-0.2, 0) is 13.0 Å². The van der Waals surface area contributed by atoms with Gasteiger partial charge in [0.25, 0.3) is 5.91 Å². The van der Waals surface area contributed by atoms with Crippen LogP contribution >= 0.6 is 22.6 Å². The maximum absolute atomic E-state index is 12.9. The Morgan fingerprint density at radius 1 is 1.07 bits per heavy atom. The van der Waals surface area contributed by atoms with Gasteiger partial charge < -0.3 is 14.8 Å². The number of carbonyl (C=O) groups is 1. The van der Waals surface area contributed by atoms with Crippen LogP contribution in [0, 0.1) is 10.5 Å². The van der Waals surface area contributed by atoms with Crippen molar-refractivity contribution >= 4 is 34.2 Å². The molecule has 3 rings (SSSR count). The summed E-state index contributed by atoms with van der Waals surface area (Å²) in [5, 5.41) is 3.06. The molecule has 0 spiro atoms. The van der Waals surface area contributed by atoms with E-state index in [1.165, 1.54) is 0 Å². The zero-order valence-electron chi connectivity index (χ0n) is 16.8. The highest BCUT2D eigenvalue weighted by Gasteiger charge is 2.17. The molecule has 3 aromatic carbocycles. The molecule has 0 radical (unpaired) electrons. The molecular weight excluding hydrogens is 477 g/mol. The smallest absolute Gasteiger partial charge is 0.255 e. The zero-order chi connectivity index (χ0) is 20.8. The van der Waals surface area contributed by atoms with Gasteiger partial charge in [0, 0.05) is 11.3 Å². The number of aryl methyl sites for hydroxylation is 2. The molecule has 0 fully saturated rings. The molecule has 150 valence electrons. The first-order chi connectivity index (χ1) is 14.0. The summed E-state index contributed by atoms with van der Waals surface area (Å²) in [6, 6.07) is 19.5. The van der Waals surface area contributed by atoms with Crippen molar-refractivity contribution in [1.29, 1.82) is 0 Å². The maximum Gasteiger partial charge on any atom is 0.255 e. The number of nitrogens with one attached hydrogen (secondary N) is 1. The van der Waals surface area contributed by atoms with Crippen LogP contribution in [0.1, 0.15) is 34.0 Å². The van der Waals surface area contributed by atoms with E-state index in [9.17, 15) is 4.79 Å². The first kappa shape index (κ1) is 21.2. The van der Waals surface area contributed by atoms with Gasteiger partial charge in [-0.05, 0) is 64.8 Å². The highest BCUT2D eigenvalue weighted by atomic mass is 127. The van der Waals surface area contributed by atoms with Crippen LogP contribution in [0.25, 0.3) is 0 Å². The topological polar surface area (TPSA) is 47.6 Å². The monoisotopic (exact) mass is 501 g/mol. The van der Waals surface area contributed by atoms with Crippen molar-refractivity contribution in [2.75, 3.05) is 12.4 Å². The van der Waals surface area contributed by atoms with Gasteiger partial charge in [0.1, 0.15) is 6.61 Å². The van der Waals surface area contributed by atoms with Crippen LogP contribution in [0.2, 0.25) is 0 Å². The molecule has 4 nitrogen and oxygen atoms in total. The average Bonchev–Trinajstić information content (AvgIpc) is 2.74. The Hall–Kier alpha value is -2.54. The van der Waals surface area contributed by atoms with Crippen molar-refractivity contribution in [2.45, 2.75) is 26.9 Å². The van der Waals surface area contributed by atoms with Crippen LogP contribution in [0.3, 0.4) is 0 Å². The van der Waals surface area contributed by atoms with Gasteiger partial charge in [-0.25, -0.2) is 0 Å². The number of methoxy groups -OCH3 is 1. The SMILES string of the molecule is CCc1cccc(C)c1NC(=O)c1cc(I)c(OCc2ccccc2)c(OC)c1. The molecule has 0 unspecified atom stereocenters. The van der Waals surface area contributed by atoms with Crippen LogP contribution in [0.15, 0.2) is 60.7 Å². The normalized spacial score (nSPS) is 10.5. The van der Waals surface area contributed by atoms with Crippen LogP contribution in [0.4, 0.5) is 5.69 Å². The maximum atomic E-state index is 12.9. The van der Waals surface area contributed by atoms with Gasteiger partial charge >= 0.3 is 0 Å². The van der Waals surface area contributed by atoms with Crippen molar-refractivity contribution < 1.29 is 14.3 Å². The molecule has 3 aromatic rings. The fourth-order valence-electron chi connectivity index (χ4n) is 3.11. The van der Waals surface area contributed by atoms with E-state index < -0.39 is 0 Å². The number of amides is 1. The summed E-state index contributed by atoms with van der Waals surface area (Å²) < 4.78 is 12.3. The minimum Gasteiger partial charge on any atom is -0.493 e. The predicted molar refractivity (Wildman–Crippen MR) is 125 cm³/mol. The van der Waals surface area contributed by atoms with Crippen molar-refractivity contribution in [3.63, 3.8) is 0 Å². The number of anilines is 1. The number of para-hydroxylation sites is 1. The van der Waals surface area contributed by atoms with E-state index in [1.807, 2.05) is 61.5 Å².